The maximum atomic E-state index is 6.58. The number of ether oxygens (including phenoxy) is 1. The van der Waals surface area contributed by atoms with E-state index in [9.17, 15) is 0 Å². The molecule has 0 radical (unpaired) electrons. The Morgan fingerprint density at radius 1 is 1.19 bits per heavy atom. The molecule has 1 unspecified atom stereocenters. The molecular formula is C17H25Cl2NO. The predicted octanol–water partition coefficient (Wildman–Crippen LogP) is 5.37. The first-order chi connectivity index (χ1) is 9.81. The Morgan fingerprint density at radius 2 is 1.81 bits per heavy atom. The topological polar surface area (TPSA) is 35.2 Å². The van der Waals surface area contributed by atoms with Crippen molar-refractivity contribution in [3.8, 4) is 0 Å². The van der Waals surface area contributed by atoms with Crippen molar-refractivity contribution in [2.24, 2.45) is 11.1 Å². The first kappa shape index (κ1) is 17.1. The van der Waals surface area contributed by atoms with Gasteiger partial charge in [0.15, 0.2) is 0 Å². The Morgan fingerprint density at radius 3 is 2.38 bits per heavy atom. The molecule has 1 fully saturated rings. The zero-order valence-electron chi connectivity index (χ0n) is 13.1. The maximum absolute atomic E-state index is 6.58. The summed E-state index contributed by atoms with van der Waals surface area (Å²) in [5.74, 6) is 0. The summed E-state index contributed by atoms with van der Waals surface area (Å²) >= 11 is 12.5. The van der Waals surface area contributed by atoms with Crippen molar-refractivity contribution < 1.29 is 4.74 Å². The van der Waals surface area contributed by atoms with Crippen LogP contribution >= 0.6 is 23.2 Å². The predicted molar refractivity (Wildman–Crippen MR) is 90.0 cm³/mol. The third kappa shape index (κ3) is 3.56. The quantitative estimate of drug-likeness (QED) is 0.805. The van der Waals surface area contributed by atoms with Gasteiger partial charge in [-0.05, 0) is 49.7 Å². The highest BCUT2D eigenvalue weighted by Crippen LogP contribution is 2.48. The van der Waals surface area contributed by atoms with Crippen molar-refractivity contribution in [2.45, 2.75) is 58.1 Å². The summed E-state index contributed by atoms with van der Waals surface area (Å²) in [6.07, 6.45) is 4.13. The molecule has 1 aromatic rings. The summed E-state index contributed by atoms with van der Waals surface area (Å²) < 4.78 is 6.15. The molecule has 0 saturated heterocycles. The van der Waals surface area contributed by atoms with E-state index in [0.29, 0.717) is 22.1 Å². The lowest BCUT2D eigenvalue weighted by Gasteiger charge is -2.46. The Hall–Kier alpha value is -0.280. The molecular weight excluding hydrogens is 305 g/mol. The normalized spacial score (nSPS) is 22.0. The molecule has 118 valence electrons. The molecule has 0 aromatic heterocycles. The zero-order chi connectivity index (χ0) is 15.7. The molecule has 21 heavy (non-hydrogen) atoms. The zero-order valence-corrected chi connectivity index (χ0v) is 14.6. The Bertz CT molecular complexity index is 492. The van der Waals surface area contributed by atoms with Crippen molar-refractivity contribution >= 4 is 23.2 Å². The van der Waals surface area contributed by atoms with Crippen LogP contribution in [0.4, 0.5) is 0 Å². The van der Waals surface area contributed by atoms with Gasteiger partial charge in [-0.3, -0.25) is 0 Å². The van der Waals surface area contributed by atoms with E-state index in [1.807, 2.05) is 19.1 Å². The number of halogens is 2. The summed E-state index contributed by atoms with van der Waals surface area (Å²) in [6.45, 7) is 7.29. The third-order valence-corrected chi connectivity index (χ3v) is 5.60. The van der Waals surface area contributed by atoms with E-state index in [0.717, 1.165) is 31.2 Å². The monoisotopic (exact) mass is 329 g/mol. The molecule has 1 saturated carbocycles. The molecule has 4 heteroatoms. The van der Waals surface area contributed by atoms with Gasteiger partial charge in [0.2, 0.25) is 0 Å². The van der Waals surface area contributed by atoms with Crippen LogP contribution in [0.2, 0.25) is 10.0 Å². The molecule has 0 heterocycles. The molecule has 1 aliphatic carbocycles. The van der Waals surface area contributed by atoms with E-state index >= 15 is 0 Å². The third-order valence-electron chi connectivity index (χ3n) is 4.77. The van der Waals surface area contributed by atoms with Crippen molar-refractivity contribution in [3.63, 3.8) is 0 Å². The second-order valence-electron chi connectivity index (χ2n) is 6.78. The fourth-order valence-corrected chi connectivity index (χ4v) is 3.65. The van der Waals surface area contributed by atoms with Crippen molar-refractivity contribution in [1.29, 1.82) is 0 Å². The molecule has 0 bridgehead atoms. The lowest BCUT2D eigenvalue weighted by molar-refractivity contribution is -0.100. The van der Waals surface area contributed by atoms with Gasteiger partial charge in [-0.15, -0.1) is 0 Å². The summed E-state index contributed by atoms with van der Waals surface area (Å²) in [5.41, 5.74) is 7.49. The molecule has 1 aromatic carbocycles. The van der Waals surface area contributed by atoms with Gasteiger partial charge in [-0.2, -0.15) is 0 Å². The second kappa shape index (κ2) is 6.45. The minimum atomic E-state index is -0.335. The van der Waals surface area contributed by atoms with Gasteiger partial charge >= 0.3 is 0 Å². The number of benzene rings is 1. The van der Waals surface area contributed by atoms with E-state index in [4.69, 9.17) is 33.7 Å². The van der Waals surface area contributed by atoms with E-state index in [2.05, 4.69) is 13.8 Å². The van der Waals surface area contributed by atoms with E-state index in [-0.39, 0.29) is 11.6 Å². The first-order valence-corrected chi connectivity index (χ1v) is 8.40. The largest absolute Gasteiger partial charge is 0.373 e. The molecule has 0 amide bonds. The Balaban J connectivity index is 2.32. The summed E-state index contributed by atoms with van der Waals surface area (Å²) in [4.78, 5) is 0. The van der Waals surface area contributed by atoms with Crippen LogP contribution in [0.1, 0.15) is 58.1 Å². The molecule has 1 aliphatic rings. The molecule has 2 N–H and O–H groups in total. The standard InChI is InChI=1S/C17H25Cl2NO/c1-4-21-17(10-8-16(2,3)9-11-17)15(20)12-6-5-7-13(18)14(12)19/h5-7,15H,4,8-11,20H2,1-3H3. The first-order valence-electron chi connectivity index (χ1n) is 7.65. The van der Waals surface area contributed by atoms with Crippen LogP contribution in [0.15, 0.2) is 18.2 Å². The fourth-order valence-electron chi connectivity index (χ4n) is 3.23. The number of nitrogens with two attached hydrogens (primary N) is 1. The van der Waals surface area contributed by atoms with Crippen molar-refractivity contribution in [1.82, 2.24) is 0 Å². The van der Waals surface area contributed by atoms with Crippen LogP contribution in [0.25, 0.3) is 0 Å². The average molecular weight is 330 g/mol. The number of hydrogen-bond acceptors (Lipinski definition) is 2. The lowest BCUT2D eigenvalue weighted by atomic mass is 9.67. The van der Waals surface area contributed by atoms with Crippen molar-refractivity contribution in [3.05, 3.63) is 33.8 Å². The van der Waals surface area contributed by atoms with Gasteiger partial charge in [0.25, 0.3) is 0 Å². The summed E-state index contributed by atoms with van der Waals surface area (Å²) in [7, 11) is 0. The number of hydrogen-bond donors (Lipinski definition) is 1. The van der Waals surface area contributed by atoms with E-state index < -0.39 is 0 Å². The van der Waals surface area contributed by atoms with Crippen LogP contribution in [-0.4, -0.2) is 12.2 Å². The van der Waals surface area contributed by atoms with Crippen molar-refractivity contribution in [2.75, 3.05) is 6.61 Å². The average Bonchev–Trinajstić information content (AvgIpc) is 2.44. The van der Waals surface area contributed by atoms with E-state index in [1.165, 1.54) is 0 Å². The summed E-state index contributed by atoms with van der Waals surface area (Å²) in [5, 5.41) is 1.10. The highest BCUT2D eigenvalue weighted by Gasteiger charge is 2.44. The van der Waals surface area contributed by atoms with Crippen LogP contribution < -0.4 is 5.73 Å². The highest BCUT2D eigenvalue weighted by atomic mass is 35.5. The number of rotatable bonds is 4. The van der Waals surface area contributed by atoms with E-state index in [1.54, 1.807) is 6.07 Å². The van der Waals surface area contributed by atoms with Gasteiger partial charge in [-0.1, -0.05) is 49.2 Å². The van der Waals surface area contributed by atoms with Gasteiger partial charge < -0.3 is 10.5 Å². The highest BCUT2D eigenvalue weighted by molar-refractivity contribution is 6.42. The molecule has 0 aliphatic heterocycles. The minimum absolute atomic E-state index is 0.250. The van der Waals surface area contributed by atoms with Gasteiger partial charge in [0.05, 0.1) is 21.7 Å². The molecule has 0 spiro atoms. The second-order valence-corrected chi connectivity index (χ2v) is 7.57. The fraction of sp³-hybridized carbons (Fsp3) is 0.647. The molecule has 1 atom stereocenters. The smallest absolute Gasteiger partial charge is 0.0874 e. The van der Waals surface area contributed by atoms with Gasteiger partial charge in [0, 0.05) is 6.61 Å². The van der Waals surface area contributed by atoms with Crippen LogP contribution in [0, 0.1) is 5.41 Å². The van der Waals surface area contributed by atoms with Crippen LogP contribution in [0.5, 0.6) is 0 Å². The van der Waals surface area contributed by atoms with Crippen LogP contribution in [-0.2, 0) is 4.74 Å². The van der Waals surface area contributed by atoms with Crippen LogP contribution in [0.3, 0.4) is 0 Å². The molecule has 2 rings (SSSR count). The SMILES string of the molecule is CCOC1(C(N)c2cccc(Cl)c2Cl)CCC(C)(C)CC1. The Kier molecular flexibility index (Phi) is 5.25. The lowest BCUT2D eigenvalue weighted by Crippen LogP contribution is -2.48. The van der Waals surface area contributed by atoms with Gasteiger partial charge in [-0.25, -0.2) is 0 Å². The minimum Gasteiger partial charge on any atom is -0.373 e. The molecule has 2 nitrogen and oxygen atoms in total. The maximum Gasteiger partial charge on any atom is 0.0874 e. The Labute approximate surface area is 137 Å². The van der Waals surface area contributed by atoms with Gasteiger partial charge in [0.1, 0.15) is 0 Å². The summed E-state index contributed by atoms with van der Waals surface area (Å²) in [6, 6.07) is 5.40.